The van der Waals surface area contributed by atoms with Crippen LogP contribution in [0.1, 0.15) is 107 Å². The van der Waals surface area contributed by atoms with Gasteiger partial charge in [-0.05, 0) is 30.5 Å². The topological polar surface area (TPSA) is 84.5 Å². The minimum atomic E-state index is -0.544. The molecule has 0 unspecified atom stereocenters. The van der Waals surface area contributed by atoms with Crippen molar-refractivity contribution in [3.05, 3.63) is 35.4 Å². The molecule has 2 amide bonds. The van der Waals surface area contributed by atoms with Crippen molar-refractivity contribution in [1.82, 2.24) is 10.6 Å². The number of amides is 2. The van der Waals surface area contributed by atoms with E-state index >= 15 is 0 Å². The van der Waals surface area contributed by atoms with Crippen LogP contribution < -0.4 is 10.6 Å². The standard InChI is InChI=1S/C28H46N2O4S/c1-4-6-8-10-11-12-13-15-26(31)30-25(27(32)29-20-14-9-7-5-2)22-35-21-23-16-18-24(19-17-23)28(33)34-3/h16-19,25H,4-15,20-22H2,1-3H3,(H,29,32)(H,30,31)/t25-/m1/s1. The fraction of sp³-hybridized carbons (Fsp3) is 0.679. The first-order valence-electron chi connectivity index (χ1n) is 13.3. The summed E-state index contributed by atoms with van der Waals surface area (Å²) in [5.74, 6) is 0.678. The lowest BCUT2D eigenvalue weighted by molar-refractivity contribution is -0.128. The van der Waals surface area contributed by atoms with Crippen LogP contribution in [0.15, 0.2) is 24.3 Å². The molecule has 0 saturated carbocycles. The lowest BCUT2D eigenvalue weighted by Crippen LogP contribution is -2.48. The molecule has 0 aliphatic carbocycles. The third-order valence-corrected chi connectivity index (χ3v) is 7.02. The highest BCUT2D eigenvalue weighted by atomic mass is 32.2. The zero-order valence-corrected chi connectivity index (χ0v) is 22.9. The Bertz CT molecular complexity index is 724. The number of methoxy groups -OCH3 is 1. The van der Waals surface area contributed by atoms with E-state index in [-0.39, 0.29) is 17.8 Å². The van der Waals surface area contributed by atoms with Crippen LogP contribution in [0.4, 0.5) is 0 Å². The number of benzene rings is 1. The lowest BCUT2D eigenvalue weighted by atomic mass is 10.1. The first-order chi connectivity index (χ1) is 17.0. The van der Waals surface area contributed by atoms with Gasteiger partial charge in [-0.15, -0.1) is 0 Å². The molecule has 1 atom stereocenters. The maximum atomic E-state index is 12.8. The van der Waals surface area contributed by atoms with Crippen molar-refractivity contribution in [2.24, 2.45) is 0 Å². The van der Waals surface area contributed by atoms with Crippen molar-refractivity contribution in [2.45, 2.75) is 103 Å². The van der Waals surface area contributed by atoms with E-state index in [1.165, 1.54) is 45.6 Å². The molecule has 0 spiro atoms. The van der Waals surface area contributed by atoms with Gasteiger partial charge in [-0.1, -0.05) is 83.8 Å². The predicted octanol–water partition coefficient (Wildman–Crippen LogP) is 6.03. The van der Waals surface area contributed by atoms with Crippen LogP contribution in [-0.4, -0.2) is 43.2 Å². The second-order valence-corrected chi connectivity index (χ2v) is 10.1. The zero-order valence-electron chi connectivity index (χ0n) is 22.0. The largest absolute Gasteiger partial charge is 0.465 e. The highest BCUT2D eigenvalue weighted by molar-refractivity contribution is 7.98. The summed E-state index contributed by atoms with van der Waals surface area (Å²) in [4.78, 5) is 36.9. The summed E-state index contributed by atoms with van der Waals surface area (Å²) in [5, 5.41) is 5.96. The predicted molar refractivity (Wildman–Crippen MR) is 146 cm³/mol. The fourth-order valence-corrected chi connectivity index (χ4v) is 4.74. The number of esters is 1. The molecule has 0 aromatic heterocycles. The number of carbonyl (C=O) groups is 3. The van der Waals surface area contributed by atoms with Crippen molar-refractivity contribution >= 4 is 29.5 Å². The van der Waals surface area contributed by atoms with E-state index in [4.69, 9.17) is 4.74 Å². The van der Waals surface area contributed by atoms with Crippen molar-refractivity contribution in [1.29, 1.82) is 0 Å². The summed E-state index contributed by atoms with van der Waals surface area (Å²) in [7, 11) is 1.36. The summed E-state index contributed by atoms with van der Waals surface area (Å²) in [6.07, 6.45) is 13.0. The summed E-state index contributed by atoms with van der Waals surface area (Å²) < 4.78 is 4.73. The molecule has 0 aliphatic rings. The maximum absolute atomic E-state index is 12.8. The smallest absolute Gasteiger partial charge is 0.337 e. The third-order valence-electron chi connectivity index (χ3n) is 5.92. The number of hydrogen-bond donors (Lipinski definition) is 2. The number of rotatable bonds is 20. The normalized spacial score (nSPS) is 11.6. The molecule has 6 nitrogen and oxygen atoms in total. The molecule has 1 rings (SSSR count). The lowest BCUT2D eigenvalue weighted by Gasteiger charge is -2.18. The average molecular weight is 507 g/mol. The molecule has 198 valence electrons. The van der Waals surface area contributed by atoms with E-state index in [1.54, 1.807) is 23.9 Å². The molecule has 0 radical (unpaired) electrons. The van der Waals surface area contributed by atoms with Gasteiger partial charge in [0.05, 0.1) is 12.7 Å². The van der Waals surface area contributed by atoms with Gasteiger partial charge in [-0.3, -0.25) is 9.59 Å². The van der Waals surface area contributed by atoms with Crippen LogP contribution in [0.2, 0.25) is 0 Å². The molecule has 0 fully saturated rings. The van der Waals surface area contributed by atoms with Gasteiger partial charge in [-0.25, -0.2) is 4.79 Å². The van der Waals surface area contributed by atoms with E-state index in [0.29, 0.717) is 30.0 Å². The van der Waals surface area contributed by atoms with Crippen LogP contribution in [-0.2, 0) is 20.1 Å². The van der Waals surface area contributed by atoms with E-state index in [1.807, 2.05) is 12.1 Å². The van der Waals surface area contributed by atoms with Crippen LogP contribution >= 0.6 is 11.8 Å². The van der Waals surface area contributed by atoms with Gasteiger partial charge in [0.1, 0.15) is 6.04 Å². The van der Waals surface area contributed by atoms with E-state index in [2.05, 4.69) is 24.5 Å². The van der Waals surface area contributed by atoms with Crippen molar-refractivity contribution < 1.29 is 19.1 Å². The first-order valence-corrected chi connectivity index (χ1v) is 14.5. The monoisotopic (exact) mass is 506 g/mol. The Kier molecular flexibility index (Phi) is 17.9. The van der Waals surface area contributed by atoms with Crippen LogP contribution in [0.3, 0.4) is 0 Å². The SMILES string of the molecule is CCCCCCCCCC(=O)N[C@H](CSCc1ccc(C(=O)OC)cc1)C(=O)NCCCCCC. The average Bonchev–Trinajstić information content (AvgIpc) is 2.87. The minimum absolute atomic E-state index is 0.0484. The maximum Gasteiger partial charge on any atom is 0.337 e. The second kappa shape index (κ2) is 20.2. The summed E-state index contributed by atoms with van der Waals surface area (Å²) in [6.45, 7) is 5.01. The Morgan fingerprint density at radius 2 is 1.46 bits per heavy atom. The van der Waals surface area contributed by atoms with Crippen LogP contribution in [0.5, 0.6) is 0 Å². The van der Waals surface area contributed by atoms with Gasteiger partial charge in [0.25, 0.3) is 0 Å². The minimum Gasteiger partial charge on any atom is -0.465 e. The Morgan fingerprint density at radius 3 is 2.09 bits per heavy atom. The van der Waals surface area contributed by atoms with Gasteiger partial charge in [0.2, 0.25) is 11.8 Å². The number of unbranched alkanes of at least 4 members (excludes halogenated alkanes) is 9. The molecule has 1 aromatic rings. The molecule has 0 heterocycles. The zero-order chi connectivity index (χ0) is 25.7. The number of ether oxygens (including phenoxy) is 1. The Hall–Kier alpha value is -2.02. The van der Waals surface area contributed by atoms with Crippen molar-refractivity contribution in [3.8, 4) is 0 Å². The molecule has 1 aromatic carbocycles. The van der Waals surface area contributed by atoms with Crippen LogP contribution in [0.25, 0.3) is 0 Å². The van der Waals surface area contributed by atoms with E-state index < -0.39 is 6.04 Å². The van der Waals surface area contributed by atoms with Crippen LogP contribution in [0, 0.1) is 0 Å². The second-order valence-electron chi connectivity index (χ2n) is 9.05. The highest BCUT2D eigenvalue weighted by Gasteiger charge is 2.20. The van der Waals surface area contributed by atoms with Crippen molar-refractivity contribution in [3.63, 3.8) is 0 Å². The summed E-state index contributed by atoms with van der Waals surface area (Å²) in [5.41, 5.74) is 1.56. The molecule has 2 N–H and O–H groups in total. The number of hydrogen-bond acceptors (Lipinski definition) is 5. The van der Waals surface area contributed by atoms with Crippen molar-refractivity contribution in [2.75, 3.05) is 19.4 Å². The van der Waals surface area contributed by atoms with E-state index in [0.717, 1.165) is 37.7 Å². The molecule has 35 heavy (non-hydrogen) atoms. The Morgan fingerprint density at radius 1 is 0.857 bits per heavy atom. The summed E-state index contributed by atoms with van der Waals surface area (Å²) in [6, 6.07) is 6.72. The number of carbonyl (C=O) groups excluding carboxylic acids is 3. The number of nitrogens with one attached hydrogen (secondary N) is 2. The molecule has 0 bridgehead atoms. The van der Waals surface area contributed by atoms with Gasteiger partial charge in [-0.2, -0.15) is 11.8 Å². The third kappa shape index (κ3) is 14.9. The molecular formula is C28H46N2O4S. The summed E-state index contributed by atoms with van der Waals surface area (Å²) >= 11 is 1.60. The highest BCUT2D eigenvalue weighted by Crippen LogP contribution is 2.15. The van der Waals surface area contributed by atoms with Gasteiger partial charge in [0.15, 0.2) is 0 Å². The Balaban J connectivity index is 2.50. The fourth-order valence-electron chi connectivity index (χ4n) is 3.73. The number of thioether (sulfide) groups is 1. The van der Waals surface area contributed by atoms with Gasteiger partial charge < -0.3 is 15.4 Å². The first kappa shape index (κ1) is 31.0. The molecule has 7 heteroatoms. The molecule has 0 saturated heterocycles. The quantitative estimate of drug-likeness (QED) is 0.167. The van der Waals surface area contributed by atoms with E-state index in [9.17, 15) is 14.4 Å². The Labute approximate surface area is 216 Å². The molecule has 0 aliphatic heterocycles. The van der Waals surface area contributed by atoms with Gasteiger partial charge in [0, 0.05) is 24.5 Å². The molecular weight excluding hydrogens is 460 g/mol. The van der Waals surface area contributed by atoms with Gasteiger partial charge >= 0.3 is 5.97 Å².